The molecule has 3 aliphatic rings. The molecule has 8 rings (SSSR count). The van der Waals surface area contributed by atoms with Crippen molar-refractivity contribution < 1.29 is 32.3 Å². The van der Waals surface area contributed by atoms with Gasteiger partial charge in [0, 0.05) is 86.0 Å². The fourth-order valence-electron chi connectivity index (χ4n) is 7.90. The third-order valence-corrected chi connectivity index (χ3v) is 10.8. The Hall–Kier alpha value is -5.84. The average molecular weight is 757 g/mol. The summed E-state index contributed by atoms with van der Waals surface area (Å²) in [5, 5.41) is 12.5. The summed E-state index contributed by atoms with van der Waals surface area (Å²) in [6, 6.07) is 9.30. The smallest absolute Gasteiger partial charge is 0.434 e. The maximum atomic E-state index is 13.1. The van der Waals surface area contributed by atoms with Crippen LogP contribution in [0, 0.1) is 5.92 Å². The summed E-state index contributed by atoms with van der Waals surface area (Å²) >= 11 is 0. The van der Waals surface area contributed by atoms with Gasteiger partial charge in [0.2, 0.25) is 5.91 Å². The lowest BCUT2D eigenvalue weighted by Gasteiger charge is -2.39. The van der Waals surface area contributed by atoms with Crippen molar-refractivity contribution in [2.75, 3.05) is 61.5 Å². The largest absolute Gasteiger partial charge is 0.494 e. The average Bonchev–Trinajstić information content (AvgIpc) is 3.60. The van der Waals surface area contributed by atoms with Gasteiger partial charge in [0.05, 0.1) is 48.6 Å². The number of nitrogens with one attached hydrogen (secondary N) is 2. The fraction of sp³-hybridized carbons (Fsp3) is 0.395. The predicted molar refractivity (Wildman–Crippen MR) is 198 cm³/mol. The number of methoxy groups -OCH3 is 1. The van der Waals surface area contributed by atoms with Crippen LogP contribution in [0.3, 0.4) is 0 Å². The molecule has 1 aliphatic carbocycles. The molecule has 2 saturated heterocycles. The Morgan fingerprint density at radius 2 is 1.73 bits per heavy atom. The van der Waals surface area contributed by atoms with E-state index in [0.717, 1.165) is 86.4 Å². The van der Waals surface area contributed by atoms with Crippen LogP contribution in [-0.2, 0) is 11.0 Å². The number of hydrogen-bond donors (Lipinski definition) is 2. The van der Waals surface area contributed by atoms with E-state index in [-0.39, 0.29) is 24.1 Å². The van der Waals surface area contributed by atoms with Crippen molar-refractivity contribution in [3.05, 3.63) is 72.7 Å². The summed E-state index contributed by atoms with van der Waals surface area (Å²) in [4.78, 5) is 55.1. The third-order valence-electron chi connectivity index (χ3n) is 10.8. The number of rotatable bonds is 8. The Balaban J connectivity index is 0.867. The van der Waals surface area contributed by atoms with Gasteiger partial charge < -0.3 is 15.0 Å². The molecular weight excluding hydrogens is 717 g/mol. The van der Waals surface area contributed by atoms with E-state index in [0.29, 0.717) is 35.6 Å². The third kappa shape index (κ3) is 7.48. The Labute approximate surface area is 313 Å². The number of ether oxygens (including phenoxy) is 1. The van der Waals surface area contributed by atoms with Gasteiger partial charge in [-0.05, 0) is 43.7 Å². The SMILES string of the molecule is COc1cc2nn([C@H]3CC[C@H](CN4CCN(c5cccc6c(N7CCC(=O)NC7=O)cncc56)CC4)CC3)cc2cc1NC(=O)c1cncc(C(F)(F)F)n1. The number of fused-ring (bicyclic) bond motifs is 2. The Morgan fingerprint density at radius 1 is 0.945 bits per heavy atom. The number of carbonyl (C=O) groups excluding carboxylic acids is 3. The topological polar surface area (TPSA) is 151 Å². The lowest BCUT2D eigenvalue weighted by Crippen LogP contribution is -2.49. The fourth-order valence-corrected chi connectivity index (χ4v) is 7.90. The molecule has 14 nitrogen and oxygen atoms in total. The van der Waals surface area contributed by atoms with Crippen molar-refractivity contribution >= 4 is 56.6 Å². The molecule has 1 saturated carbocycles. The van der Waals surface area contributed by atoms with E-state index in [4.69, 9.17) is 9.84 Å². The Bertz CT molecular complexity index is 2260. The van der Waals surface area contributed by atoms with E-state index in [9.17, 15) is 27.6 Å². The summed E-state index contributed by atoms with van der Waals surface area (Å²) < 4.78 is 46.8. The minimum atomic E-state index is -4.73. The van der Waals surface area contributed by atoms with Crippen LogP contribution in [0.4, 0.5) is 35.0 Å². The molecular formula is C38H39F3N10O4. The van der Waals surface area contributed by atoms with Gasteiger partial charge in [-0.25, -0.2) is 9.78 Å². The first-order valence-electron chi connectivity index (χ1n) is 18.3. The van der Waals surface area contributed by atoms with Crippen LogP contribution in [0.25, 0.3) is 21.7 Å². The molecule has 5 aromatic rings. The molecule has 2 aliphatic heterocycles. The van der Waals surface area contributed by atoms with Gasteiger partial charge in [-0.3, -0.25) is 39.4 Å². The van der Waals surface area contributed by atoms with E-state index in [1.165, 1.54) is 7.11 Å². The summed E-state index contributed by atoms with van der Waals surface area (Å²) in [5.74, 6) is -0.217. The van der Waals surface area contributed by atoms with Crippen LogP contribution in [-0.4, -0.2) is 93.9 Å². The van der Waals surface area contributed by atoms with Crippen molar-refractivity contribution in [2.45, 2.75) is 44.3 Å². The molecule has 5 heterocycles. The van der Waals surface area contributed by atoms with Gasteiger partial charge in [0.25, 0.3) is 5.91 Å². The molecule has 0 atom stereocenters. The van der Waals surface area contributed by atoms with E-state index in [1.54, 1.807) is 23.2 Å². The zero-order valence-electron chi connectivity index (χ0n) is 30.1. The number of carbonyl (C=O) groups is 3. The lowest BCUT2D eigenvalue weighted by molar-refractivity contribution is -0.141. The molecule has 4 amide bonds. The van der Waals surface area contributed by atoms with Crippen LogP contribution in [0.15, 0.2) is 61.3 Å². The number of benzene rings is 2. The number of hydrogen-bond acceptors (Lipinski definition) is 10. The standard InChI is InChI=1S/C38H39F3N10O4/c1-55-33-16-28-24(15-29(33)45-36(53)30-18-43-20-34(44-30)38(39,40)41)22-51(47-28)25-7-5-23(6-8-25)21-48-11-13-49(14-12-48)31-4-2-3-26-27(31)17-42-19-32(26)50-10-9-35(52)46-37(50)54/h2-4,15-20,22-23,25H,5-14,21H2,1H3,(H,45,53)(H,46,52,54)/t23-,25-. The van der Waals surface area contributed by atoms with Gasteiger partial charge in [-0.15, -0.1) is 0 Å². The van der Waals surface area contributed by atoms with Crippen molar-refractivity contribution in [3.63, 3.8) is 0 Å². The molecule has 286 valence electrons. The number of urea groups is 1. The second-order valence-electron chi connectivity index (χ2n) is 14.2. The van der Waals surface area contributed by atoms with E-state index in [1.807, 2.05) is 29.2 Å². The number of imide groups is 1. The molecule has 2 N–H and O–H groups in total. The van der Waals surface area contributed by atoms with Gasteiger partial charge in [0.15, 0.2) is 5.69 Å². The van der Waals surface area contributed by atoms with Crippen molar-refractivity contribution in [3.8, 4) is 5.75 Å². The summed E-state index contributed by atoms with van der Waals surface area (Å²) in [6.45, 7) is 4.96. The molecule has 3 aromatic heterocycles. The lowest BCUT2D eigenvalue weighted by atomic mass is 9.85. The van der Waals surface area contributed by atoms with E-state index in [2.05, 4.69) is 41.5 Å². The highest BCUT2D eigenvalue weighted by molar-refractivity contribution is 6.11. The van der Waals surface area contributed by atoms with E-state index >= 15 is 0 Å². The molecule has 17 heteroatoms. The highest BCUT2D eigenvalue weighted by Gasteiger charge is 2.34. The predicted octanol–water partition coefficient (Wildman–Crippen LogP) is 5.65. The number of piperazine rings is 1. The molecule has 0 radical (unpaired) electrons. The maximum Gasteiger partial charge on any atom is 0.434 e. The molecule has 0 bridgehead atoms. The second kappa shape index (κ2) is 14.8. The first-order valence-corrected chi connectivity index (χ1v) is 18.3. The molecule has 3 fully saturated rings. The Kier molecular flexibility index (Phi) is 9.71. The number of halogens is 3. The summed E-state index contributed by atoms with van der Waals surface area (Å²) in [5.41, 5.74) is 1.04. The summed E-state index contributed by atoms with van der Waals surface area (Å²) in [7, 11) is 1.44. The van der Waals surface area contributed by atoms with Crippen LogP contribution in [0.5, 0.6) is 5.75 Å². The maximum absolute atomic E-state index is 13.1. The molecule has 0 spiro atoms. The van der Waals surface area contributed by atoms with E-state index < -0.39 is 29.5 Å². The highest BCUT2D eigenvalue weighted by Crippen LogP contribution is 2.37. The van der Waals surface area contributed by atoms with Gasteiger partial charge >= 0.3 is 12.2 Å². The first-order chi connectivity index (χ1) is 26.5. The normalized spacial score (nSPS) is 19.9. The number of amides is 4. The van der Waals surface area contributed by atoms with Gasteiger partial charge in [-0.2, -0.15) is 18.3 Å². The van der Waals surface area contributed by atoms with Crippen LogP contribution >= 0.6 is 0 Å². The summed E-state index contributed by atoms with van der Waals surface area (Å²) in [6.07, 6.45) is 6.63. The Morgan fingerprint density at radius 3 is 2.47 bits per heavy atom. The van der Waals surface area contributed by atoms with Gasteiger partial charge in [-0.1, -0.05) is 12.1 Å². The van der Waals surface area contributed by atoms with Crippen molar-refractivity contribution in [1.29, 1.82) is 0 Å². The number of pyridine rings is 1. The van der Waals surface area contributed by atoms with Crippen LogP contribution in [0.1, 0.15) is 54.3 Å². The zero-order chi connectivity index (χ0) is 38.3. The zero-order valence-corrected chi connectivity index (χ0v) is 30.1. The number of anilines is 3. The first kappa shape index (κ1) is 36.2. The number of nitrogens with zero attached hydrogens (tertiary/aromatic N) is 8. The van der Waals surface area contributed by atoms with Crippen LogP contribution < -0.4 is 25.2 Å². The number of alkyl halides is 3. The quantitative estimate of drug-likeness (QED) is 0.203. The molecule has 55 heavy (non-hydrogen) atoms. The van der Waals surface area contributed by atoms with Crippen molar-refractivity contribution in [1.82, 2.24) is 34.9 Å². The van der Waals surface area contributed by atoms with Crippen molar-refractivity contribution in [2.24, 2.45) is 5.92 Å². The van der Waals surface area contributed by atoms with Crippen LogP contribution in [0.2, 0.25) is 0 Å². The minimum Gasteiger partial charge on any atom is -0.494 e. The molecule has 0 unspecified atom stereocenters. The van der Waals surface area contributed by atoms with Gasteiger partial charge in [0.1, 0.15) is 11.4 Å². The minimum absolute atomic E-state index is 0.214. The highest BCUT2D eigenvalue weighted by atomic mass is 19.4. The number of aromatic nitrogens is 5. The monoisotopic (exact) mass is 756 g/mol. The molecule has 2 aromatic carbocycles. The second-order valence-corrected chi connectivity index (χ2v) is 14.2.